The Morgan fingerprint density at radius 2 is 0.867 bits per heavy atom. The Morgan fingerprint density at radius 1 is 0.453 bits per heavy atom. The third-order valence-corrected chi connectivity index (χ3v) is 13.7. The summed E-state index contributed by atoms with van der Waals surface area (Å²) in [4.78, 5) is 13.1. The van der Waals surface area contributed by atoms with Crippen LogP contribution in [0.4, 0.5) is 0 Å². The van der Waals surface area contributed by atoms with E-state index in [2.05, 4.69) is 86.8 Å². The molecule has 0 aliphatic carbocycles. The number of unbranched alkanes of at least 4 members (excludes halogenated alkanes) is 21. The van der Waals surface area contributed by atoms with Gasteiger partial charge in [0.05, 0.1) is 26.4 Å². The van der Waals surface area contributed by atoms with Gasteiger partial charge >= 0.3 is 5.97 Å². The topological polar surface area (TPSA) is 214 Å². The molecule has 0 aromatic heterocycles. The second-order valence-electron chi connectivity index (χ2n) is 20.4. The number of carbonyl (C=O) groups is 1. The standard InChI is InChI=1S/C61H106O14/c1-3-5-7-9-11-13-15-17-19-21-23-25-26-28-30-32-34-36-38-40-42-44-53(63)73-50(47-70-45-43-41-39-37-35-33-31-29-27-24-22-20-18-16-14-12-10-8-6-4-2)48-71-60-59(69)57(67)55(65)52(75-60)49-72-61-58(68)56(66)54(64)51(46-62)74-61/h6,8,12,14-15,17-18,20-21,23-24,27,50-52,54-62,64-69H,3-5,7,9-11,13,16,19,22,25-26,28-49H2,1-2H3/b8-6-,14-12-,17-15-,20-18-,23-21-,27-24-. The minimum Gasteiger partial charge on any atom is -0.457 e. The highest BCUT2D eigenvalue weighted by atomic mass is 16.7. The SMILES string of the molecule is CC/C=C\C/C=C\C/C=C\C/C=C\CCCCCCCCCOCC(COC1OC(COC2OC(CO)C(O)C(O)C2O)C(O)C(O)C1O)OC(=O)CCCCCCCCCCC/C=C\C/C=C\CCCCCCC. The van der Waals surface area contributed by atoms with Gasteiger partial charge in [0.15, 0.2) is 12.6 Å². The zero-order chi connectivity index (χ0) is 54.4. The van der Waals surface area contributed by atoms with E-state index < -0.39 is 80.7 Å². The van der Waals surface area contributed by atoms with Crippen molar-refractivity contribution in [2.45, 2.75) is 274 Å². The van der Waals surface area contributed by atoms with Gasteiger partial charge in [-0.2, -0.15) is 0 Å². The van der Waals surface area contributed by atoms with Crippen LogP contribution >= 0.6 is 0 Å². The number of allylic oxidation sites excluding steroid dienone is 12. The summed E-state index contributed by atoms with van der Waals surface area (Å²) in [5.41, 5.74) is 0. The molecule has 2 aliphatic rings. The van der Waals surface area contributed by atoms with Gasteiger partial charge in [0, 0.05) is 13.0 Å². The van der Waals surface area contributed by atoms with E-state index in [0.29, 0.717) is 13.0 Å². The molecule has 434 valence electrons. The summed E-state index contributed by atoms with van der Waals surface area (Å²) >= 11 is 0. The fraction of sp³-hybridized carbons (Fsp3) is 0.787. The second kappa shape index (κ2) is 47.4. The predicted octanol–water partition coefficient (Wildman–Crippen LogP) is 10.6. The van der Waals surface area contributed by atoms with Gasteiger partial charge in [-0.05, 0) is 83.5 Å². The Bertz CT molecular complexity index is 1510. The highest BCUT2D eigenvalue weighted by molar-refractivity contribution is 5.69. The Kier molecular flexibility index (Phi) is 43.3. The number of ether oxygens (including phenoxy) is 6. The monoisotopic (exact) mass is 1060 g/mol. The van der Waals surface area contributed by atoms with Crippen LogP contribution in [-0.2, 0) is 33.2 Å². The molecule has 0 bridgehead atoms. The lowest BCUT2D eigenvalue weighted by molar-refractivity contribution is -0.332. The summed E-state index contributed by atoms with van der Waals surface area (Å²) in [6.45, 7) is 3.54. The average molecular weight is 1060 g/mol. The molecule has 2 saturated heterocycles. The summed E-state index contributed by atoms with van der Waals surface area (Å²) in [6.07, 6.45) is 43.8. The third kappa shape index (κ3) is 34.1. The molecule has 14 heteroatoms. The maximum absolute atomic E-state index is 13.1. The van der Waals surface area contributed by atoms with Crippen molar-refractivity contribution in [3.63, 3.8) is 0 Å². The van der Waals surface area contributed by atoms with Gasteiger partial charge in [0.2, 0.25) is 0 Å². The van der Waals surface area contributed by atoms with Gasteiger partial charge < -0.3 is 64.2 Å². The molecule has 2 rings (SSSR count). The van der Waals surface area contributed by atoms with Crippen molar-refractivity contribution < 1.29 is 69.0 Å². The zero-order valence-corrected chi connectivity index (χ0v) is 46.5. The number of rotatable bonds is 47. The van der Waals surface area contributed by atoms with Crippen molar-refractivity contribution in [1.29, 1.82) is 0 Å². The summed E-state index contributed by atoms with van der Waals surface area (Å²) < 4.78 is 34.4. The minimum atomic E-state index is -1.71. The summed E-state index contributed by atoms with van der Waals surface area (Å²) in [6, 6.07) is 0. The first-order chi connectivity index (χ1) is 36.6. The van der Waals surface area contributed by atoms with E-state index >= 15 is 0 Å². The van der Waals surface area contributed by atoms with Crippen molar-refractivity contribution in [3.05, 3.63) is 72.9 Å². The summed E-state index contributed by atoms with van der Waals surface area (Å²) in [5, 5.41) is 72.4. The molecule has 0 aromatic carbocycles. The summed E-state index contributed by atoms with van der Waals surface area (Å²) in [7, 11) is 0. The van der Waals surface area contributed by atoms with Crippen LogP contribution in [0.5, 0.6) is 0 Å². The van der Waals surface area contributed by atoms with Crippen molar-refractivity contribution in [3.8, 4) is 0 Å². The van der Waals surface area contributed by atoms with Crippen molar-refractivity contribution in [2.75, 3.05) is 33.0 Å². The number of carbonyl (C=O) groups excluding carboxylic acids is 1. The molecule has 0 spiro atoms. The zero-order valence-electron chi connectivity index (χ0n) is 46.5. The normalized spacial score (nSPS) is 25.1. The first kappa shape index (κ1) is 68.5. The second-order valence-corrected chi connectivity index (χ2v) is 20.4. The lowest BCUT2D eigenvalue weighted by atomic mass is 9.98. The molecule has 0 saturated carbocycles. The lowest BCUT2D eigenvalue weighted by Crippen LogP contribution is -2.61. The molecule has 11 atom stereocenters. The maximum atomic E-state index is 13.1. The van der Waals surface area contributed by atoms with Gasteiger partial charge in [0.25, 0.3) is 0 Å². The van der Waals surface area contributed by atoms with Gasteiger partial charge in [-0.25, -0.2) is 0 Å². The molecule has 14 nitrogen and oxygen atoms in total. The maximum Gasteiger partial charge on any atom is 0.306 e. The number of aliphatic hydroxyl groups excluding tert-OH is 7. The molecule has 75 heavy (non-hydrogen) atoms. The Morgan fingerprint density at radius 3 is 1.36 bits per heavy atom. The first-order valence-electron chi connectivity index (χ1n) is 29.5. The van der Waals surface area contributed by atoms with Crippen LogP contribution in [0.1, 0.15) is 206 Å². The van der Waals surface area contributed by atoms with Crippen LogP contribution in [0.2, 0.25) is 0 Å². The Hall–Kier alpha value is -2.57. The van der Waals surface area contributed by atoms with E-state index in [1.165, 1.54) is 89.9 Å². The fourth-order valence-corrected chi connectivity index (χ4v) is 8.95. The van der Waals surface area contributed by atoms with Crippen molar-refractivity contribution >= 4 is 5.97 Å². The van der Waals surface area contributed by atoms with Crippen LogP contribution in [0.25, 0.3) is 0 Å². The molecular formula is C61H106O14. The van der Waals surface area contributed by atoms with Gasteiger partial charge in [0.1, 0.15) is 54.9 Å². The molecule has 2 heterocycles. The lowest BCUT2D eigenvalue weighted by Gasteiger charge is -2.42. The molecule has 2 aliphatic heterocycles. The quantitative estimate of drug-likeness (QED) is 0.0172. The van der Waals surface area contributed by atoms with E-state index in [0.717, 1.165) is 89.9 Å². The predicted molar refractivity (Wildman–Crippen MR) is 298 cm³/mol. The van der Waals surface area contributed by atoms with Gasteiger partial charge in [-0.15, -0.1) is 0 Å². The number of hydrogen-bond donors (Lipinski definition) is 7. The molecule has 0 amide bonds. The molecule has 11 unspecified atom stereocenters. The molecular weight excluding hydrogens is 957 g/mol. The van der Waals surface area contributed by atoms with Crippen LogP contribution in [0, 0.1) is 0 Å². The van der Waals surface area contributed by atoms with E-state index in [1.807, 2.05) is 0 Å². The van der Waals surface area contributed by atoms with Crippen LogP contribution in [0.3, 0.4) is 0 Å². The number of hydrogen-bond acceptors (Lipinski definition) is 14. The Labute approximate surface area is 453 Å². The van der Waals surface area contributed by atoms with Gasteiger partial charge in [-0.3, -0.25) is 4.79 Å². The number of aliphatic hydroxyl groups is 7. The molecule has 2 fully saturated rings. The number of esters is 1. The summed E-state index contributed by atoms with van der Waals surface area (Å²) in [5.74, 6) is -0.386. The largest absolute Gasteiger partial charge is 0.457 e. The molecule has 0 radical (unpaired) electrons. The van der Waals surface area contributed by atoms with E-state index in [-0.39, 0.29) is 25.6 Å². The fourth-order valence-electron chi connectivity index (χ4n) is 8.95. The smallest absolute Gasteiger partial charge is 0.306 e. The average Bonchev–Trinajstić information content (AvgIpc) is 3.41. The van der Waals surface area contributed by atoms with Crippen LogP contribution in [-0.4, -0.2) is 142 Å². The van der Waals surface area contributed by atoms with Crippen molar-refractivity contribution in [1.82, 2.24) is 0 Å². The third-order valence-electron chi connectivity index (χ3n) is 13.7. The van der Waals surface area contributed by atoms with Crippen molar-refractivity contribution in [2.24, 2.45) is 0 Å². The minimum absolute atomic E-state index is 0.0492. The van der Waals surface area contributed by atoms with E-state index in [1.54, 1.807) is 0 Å². The van der Waals surface area contributed by atoms with E-state index in [4.69, 9.17) is 28.4 Å². The van der Waals surface area contributed by atoms with Crippen LogP contribution < -0.4 is 0 Å². The highest BCUT2D eigenvalue weighted by Crippen LogP contribution is 2.26. The highest BCUT2D eigenvalue weighted by Gasteiger charge is 2.47. The van der Waals surface area contributed by atoms with Gasteiger partial charge in [-0.1, -0.05) is 189 Å². The first-order valence-corrected chi connectivity index (χ1v) is 29.5. The Balaban J connectivity index is 1.72. The van der Waals surface area contributed by atoms with E-state index in [9.17, 15) is 40.5 Å². The van der Waals surface area contributed by atoms with Crippen LogP contribution in [0.15, 0.2) is 72.9 Å². The molecule has 7 N–H and O–H groups in total. The molecule has 0 aromatic rings.